The number of ether oxygens (including phenoxy) is 6. The fraction of sp³-hybridized carbons (Fsp3) is 0.682. The van der Waals surface area contributed by atoms with Crippen LogP contribution in [-0.2, 0) is 34.9 Å². The second-order valence-electron chi connectivity index (χ2n) is 8.80. The zero-order valence-electron chi connectivity index (χ0n) is 17.7. The van der Waals surface area contributed by atoms with E-state index in [1.165, 1.54) is 0 Å². The lowest BCUT2D eigenvalue weighted by molar-refractivity contribution is -0.234. The van der Waals surface area contributed by atoms with Gasteiger partial charge in [0.05, 0.1) is 13.2 Å². The van der Waals surface area contributed by atoms with E-state index in [0.29, 0.717) is 12.8 Å². The van der Waals surface area contributed by atoms with Crippen LogP contribution in [0.3, 0.4) is 0 Å². The van der Waals surface area contributed by atoms with Crippen LogP contribution in [0.5, 0.6) is 5.75 Å². The molecule has 7 heteroatoms. The van der Waals surface area contributed by atoms with Crippen LogP contribution in [0, 0.1) is 0 Å². The molecule has 1 aromatic carbocycles. The third-order valence-electron chi connectivity index (χ3n) is 5.53. The Labute approximate surface area is 171 Å². The maximum atomic E-state index is 12.7. The number of hydrogen-bond donors (Lipinski definition) is 0. The molecule has 3 saturated heterocycles. The highest BCUT2D eigenvalue weighted by molar-refractivity contribution is 5.79. The van der Waals surface area contributed by atoms with Crippen molar-refractivity contribution in [2.45, 2.75) is 89.2 Å². The van der Waals surface area contributed by atoms with Crippen LogP contribution < -0.4 is 4.74 Å². The highest BCUT2D eigenvalue weighted by Gasteiger charge is 2.60. The van der Waals surface area contributed by atoms with Gasteiger partial charge in [-0.25, -0.2) is 0 Å². The van der Waals surface area contributed by atoms with Crippen LogP contribution in [0.2, 0.25) is 0 Å². The number of fused-ring (bicyclic) bond motifs is 3. The van der Waals surface area contributed by atoms with Crippen LogP contribution in [-0.4, -0.2) is 55.2 Å². The summed E-state index contributed by atoms with van der Waals surface area (Å²) in [5.41, 5.74) is 1.09. The van der Waals surface area contributed by atoms with Crippen LogP contribution >= 0.6 is 0 Å². The minimum absolute atomic E-state index is 0.120. The second-order valence-corrected chi connectivity index (χ2v) is 8.80. The molecule has 160 valence electrons. The van der Waals surface area contributed by atoms with Crippen molar-refractivity contribution >= 4 is 5.78 Å². The smallest absolute Gasteiger partial charge is 0.190 e. The molecule has 1 aromatic rings. The Morgan fingerprint density at radius 2 is 1.55 bits per heavy atom. The maximum absolute atomic E-state index is 12.7. The molecule has 0 aliphatic carbocycles. The monoisotopic (exact) mass is 406 g/mol. The predicted molar refractivity (Wildman–Crippen MR) is 103 cm³/mol. The zero-order valence-corrected chi connectivity index (χ0v) is 17.7. The van der Waals surface area contributed by atoms with E-state index in [1.807, 2.05) is 52.0 Å². The summed E-state index contributed by atoms with van der Waals surface area (Å²) in [6, 6.07) is 7.76. The summed E-state index contributed by atoms with van der Waals surface area (Å²) in [5, 5.41) is 0. The fourth-order valence-corrected chi connectivity index (χ4v) is 4.26. The highest BCUT2D eigenvalue weighted by atomic mass is 16.9. The molecule has 0 N–H and O–H groups in total. The van der Waals surface area contributed by atoms with Crippen molar-refractivity contribution in [3.05, 3.63) is 29.8 Å². The quantitative estimate of drug-likeness (QED) is 0.719. The number of benzene rings is 1. The Balaban J connectivity index is 1.40. The number of carbonyl (C=O) groups excluding carboxylic acids is 1. The molecular weight excluding hydrogens is 376 g/mol. The normalized spacial score (nSPS) is 34.4. The topological polar surface area (TPSA) is 72.5 Å². The number of rotatable bonds is 6. The first kappa shape index (κ1) is 20.8. The summed E-state index contributed by atoms with van der Waals surface area (Å²) < 4.78 is 35.3. The van der Waals surface area contributed by atoms with Gasteiger partial charge in [0.2, 0.25) is 0 Å². The van der Waals surface area contributed by atoms with Crippen molar-refractivity contribution in [2.75, 3.05) is 7.11 Å². The van der Waals surface area contributed by atoms with Crippen molar-refractivity contribution in [1.29, 1.82) is 0 Å². The standard InChI is InChI=1S/C22H30O7/c1-21(2)26-17-16(25-20-19(18(17)27-21)28-22(3,4)29-20)12-14(23)9-6-13-7-10-15(24-5)11-8-13/h7-8,10-11,16-20H,6,9,12H2,1-5H3/t16-,17+,18+,19-,20-/m1/s1. The lowest BCUT2D eigenvalue weighted by atomic mass is 9.94. The average Bonchev–Trinajstić information content (AvgIpc) is 3.15. The lowest BCUT2D eigenvalue weighted by Crippen LogP contribution is -2.55. The molecule has 5 atom stereocenters. The third kappa shape index (κ3) is 4.49. The van der Waals surface area contributed by atoms with Gasteiger partial charge in [0.25, 0.3) is 0 Å². The summed E-state index contributed by atoms with van der Waals surface area (Å²) in [6.45, 7) is 7.42. The second kappa shape index (κ2) is 7.63. The number of aryl methyl sites for hydroxylation is 1. The third-order valence-corrected chi connectivity index (χ3v) is 5.53. The van der Waals surface area contributed by atoms with Gasteiger partial charge in [-0.05, 0) is 51.8 Å². The van der Waals surface area contributed by atoms with Gasteiger partial charge < -0.3 is 28.4 Å². The summed E-state index contributed by atoms with van der Waals surface area (Å²) >= 11 is 0. The van der Waals surface area contributed by atoms with Gasteiger partial charge in [-0.1, -0.05) is 12.1 Å². The summed E-state index contributed by atoms with van der Waals surface area (Å²) in [6.07, 6.45) is -0.701. The molecule has 3 aliphatic rings. The largest absolute Gasteiger partial charge is 0.497 e. The number of carbonyl (C=O) groups is 1. The van der Waals surface area contributed by atoms with Crippen molar-refractivity contribution in [3.63, 3.8) is 0 Å². The minimum atomic E-state index is -0.761. The van der Waals surface area contributed by atoms with E-state index in [9.17, 15) is 4.79 Å². The van der Waals surface area contributed by atoms with Crippen molar-refractivity contribution in [1.82, 2.24) is 0 Å². The Kier molecular flexibility index (Phi) is 5.46. The van der Waals surface area contributed by atoms with Gasteiger partial charge in [-0.2, -0.15) is 0 Å². The average molecular weight is 406 g/mol. The van der Waals surface area contributed by atoms with E-state index >= 15 is 0 Å². The van der Waals surface area contributed by atoms with Crippen LogP contribution in [0.1, 0.15) is 46.1 Å². The van der Waals surface area contributed by atoms with Crippen molar-refractivity contribution < 1.29 is 33.2 Å². The van der Waals surface area contributed by atoms with Gasteiger partial charge in [-0.3, -0.25) is 4.79 Å². The van der Waals surface area contributed by atoms with Crippen molar-refractivity contribution in [3.8, 4) is 5.75 Å². The van der Waals surface area contributed by atoms with E-state index in [-0.39, 0.29) is 30.5 Å². The minimum Gasteiger partial charge on any atom is -0.497 e. The van der Waals surface area contributed by atoms with E-state index in [0.717, 1.165) is 11.3 Å². The number of methoxy groups -OCH3 is 1. The first-order valence-electron chi connectivity index (χ1n) is 10.2. The highest BCUT2D eigenvalue weighted by Crippen LogP contribution is 2.44. The molecule has 0 unspecified atom stereocenters. The van der Waals surface area contributed by atoms with Gasteiger partial charge in [0.1, 0.15) is 29.8 Å². The van der Waals surface area contributed by atoms with Gasteiger partial charge >= 0.3 is 0 Å². The van der Waals surface area contributed by atoms with E-state index < -0.39 is 24.0 Å². The Morgan fingerprint density at radius 1 is 0.931 bits per heavy atom. The SMILES string of the molecule is COc1ccc(CCC(=O)C[C@H]2O[C@@H]3OC(C)(C)O[C@@H]3[C@H]3OC(C)(C)O[C@H]32)cc1. The van der Waals surface area contributed by atoms with E-state index in [2.05, 4.69) is 0 Å². The summed E-state index contributed by atoms with van der Waals surface area (Å²) in [5.74, 6) is -0.592. The Bertz CT molecular complexity index is 742. The van der Waals surface area contributed by atoms with Crippen molar-refractivity contribution in [2.24, 2.45) is 0 Å². The van der Waals surface area contributed by atoms with Gasteiger partial charge in [0.15, 0.2) is 17.9 Å². The van der Waals surface area contributed by atoms with E-state index in [4.69, 9.17) is 28.4 Å². The lowest BCUT2D eigenvalue weighted by Gasteiger charge is -2.37. The first-order chi connectivity index (χ1) is 13.7. The Hall–Kier alpha value is -1.51. The molecule has 0 radical (unpaired) electrons. The predicted octanol–water partition coefficient (Wildman–Crippen LogP) is 2.98. The van der Waals surface area contributed by atoms with Crippen LogP contribution in [0.15, 0.2) is 24.3 Å². The molecule has 7 nitrogen and oxygen atoms in total. The fourth-order valence-electron chi connectivity index (χ4n) is 4.26. The number of Topliss-reactive ketones (excluding diaryl/α,β-unsaturated/α-hetero) is 1. The van der Waals surface area contributed by atoms with Crippen LogP contribution in [0.25, 0.3) is 0 Å². The maximum Gasteiger partial charge on any atom is 0.190 e. The molecule has 3 heterocycles. The molecule has 0 saturated carbocycles. The van der Waals surface area contributed by atoms with Gasteiger partial charge in [0, 0.05) is 12.8 Å². The molecule has 0 amide bonds. The molecule has 0 bridgehead atoms. The van der Waals surface area contributed by atoms with Gasteiger partial charge in [-0.15, -0.1) is 0 Å². The molecule has 3 fully saturated rings. The number of ketones is 1. The first-order valence-corrected chi connectivity index (χ1v) is 10.2. The number of hydrogen-bond acceptors (Lipinski definition) is 7. The van der Waals surface area contributed by atoms with E-state index in [1.54, 1.807) is 7.11 Å². The molecular formula is C22H30O7. The molecule has 4 rings (SSSR count). The Morgan fingerprint density at radius 3 is 2.24 bits per heavy atom. The molecule has 0 aromatic heterocycles. The van der Waals surface area contributed by atoms with Crippen LogP contribution in [0.4, 0.5) is 0 Å². The summed E-state index contributed by atoms with van der Waals surface area (Å²) in [7, 11) is 1.64. The molecule has 29 heavy (non-hydrogen) atoms. The molecule has 3 aliphatic heterocycles. The molecule has 0 spiro atoms. The summed E-state index contributed by atoms with van der Waals surface area (Å²) in [4.78, 5) is 12.7. The zero-order chi connectivity index (χ0) is 20.8.